The van der Waals surface area contributed by atoms with Crippen molar-refractivity contribution in [1.82, 2.24) is 20.1 Å². The monoisotopic (exact) mass is 406 g/mol. The lowest BCUT2D eigenvalue weighted by Gasteiger charge is -2.36. The van der Waals surface area contributed by atoms with Crippen LogP contribution in [0.2, 0.25) is 0 Å². The van der Waals surface area contributed by atoms with Crippen LogP contribution < -0.4 is 9.47 Å². The van der Waals surface area contributed by atoms with E-state index in [4.69, 9.17) is 9.47 Å². The van der Waals surface area contributed by atoms with Gasteiger partial charge in [-0.2, -0.15) is 5.10 Å². The van der Waals surface area contributed by atoms with Crippen LogP contribution >= 0.6 is 0 Å². The zero-order valence-corrected chi connectivity index (χ0v) is 17.3. The Bertz CT molecular complexity index is 1000. The third-order valence-electron chi connectivity index (χ3n) is 5.48. The van der Waals surface area contributed by atoms with Crippen LogP contribution in [0.4, 0.5) is 0 Å². The lowest BCUT2D eigenvalue weighted by atomic mass is 9.96. The third-order valence-corrected chi connectivity index (χ3v) is 5.48. The van der Waals surface area contributed by atoms with Gasteiger partial charge in [-0.05, 0) is 56.0 Å². The predicted octanol–water partition coefficient (Wildman–Crippen LogP) is 4.07. The molecule has 4 rings (SSSR count). The second kappa shape index (κ2) is 8.98. The molecule has 1 aliphatic rings. The highest BCUT2D eigenvalue weighted by Crippen LogP contribution is 2.37. The van der Waals surface area contributed by atoms with Gasteiger partial charge in [-0.3, -0.25) is 14.9 Å². The molecule has 2 aromatic heterocycles. The van der Waals surface area contributed by atoms with Gasteiger partial charge >= 0.3 is 0 Å². The summed E-state index contributed by atoms with van der Waals surface area (Å²) in [4.78, 5) is 19.9. The van der Waals surface area contributed by atoms with E-state index in [9.17, 15) is 4.79 Å². The smallest absolute Gasteiger partial charge is 0.258 e. The minimum absolute atomic E-state index is 0.0245. The van der Waals surface area contributed by atoms with E-state index in [1.165, 1.54) is 0 Å². The van der Waals surface area contributed by atoms with E-state index < -0.39 is 0 Å². The molecule has 1 amide bonds. The number of hydrogen-bond donors (Lipinski definition) is 1. The molecule has 7 nitrogen and oxygen atoms in total. The highest BCUT2D eigenvalue weighted by atomic mass is 16.5. The largest absolute Gasteiger partial charge is 0.493 e. The standard InChI is InChI=1S/C23H26N4O3/c1-16-14-25-26-21(16)19-10-4-6-13-27(19)23(28)18-9-7-11-20(29-2)22(18)30-15-17-8-3-5-12-24-17/h3,5,7-9,11-12,14,19H,4,6,10,13,15H2,1-2H3,(H,25,26)/t19-/m0/s1. The van der Waals surface area contributed by atoms with Gasteiger partial charge in [-0.25, -0.2) is 0 Å². The molecule has 0 aliphatic carbocycles. The molecule has 0 bridgehead atoms. The number of carbonyl (C=O) groups is 1. The van der Waals surface area contributed by atoms with Crippen molar-refractivity contribution in [2.24, 2.45) is 0 Å². The zero-order chi connectivity index (χ0) is 20.9. The molecule has 3 heterocycles. The Morgan fingerprint density at radius 1 is 1.23 bits per heavy atom. The van der Waals surface area contributed by atoms with Gasteiger partial charge in [0.15, 0.2) is 11.5 Å². The van der Waals surface area contributed by atoms with Crippen LogP contribution in [0.3, 0.4) is 0 Å². The van der Waals surface area contributed by atoms with Gasteiger partial charge in [-0.15, -0.1) is 0 Å². The molecule has 0 spiro atoms. The normalized spacial score (nSPS) is 16.3. The summed E-state index contributed by atoms with van der Waals surface area (Å²) < 4.78 is 11.5. The molecule has 0 unspecified atom stereocenters. The summed E-state index contributed by atoms with van der Waals surface area (Å²) in [5.41, 5.74) is 3.35. The number of piperidine rings is 1. The molecule has 0 saturated carbocycles. The molecule has 1 aromatic carbocycles. The summed E-state index contributed by atoms with van der Waals surface area (Å²) in [6.07, 6.45) is 6.48. The summed E-state index contributed by atoms with van der Waals surface area (Å²) in [7, 11) is 1.58. The number of nitrogens with zero attached hydrogens (tertiary/aromatic N) is 3. The van der Waals surface area contributed by atoms with Crippen molar-refractivity contribution in [3.63, 3.8) is 0 Å². The first kappa shape index (κ1) is 19.9. The van der Waals surface area contributed by atoms with Crippen LogP contribution in [0, 0.1) is 6.92 Å². The first-order valence-corrected chi connectivity index (χ1v) is 10.2. The first-order chi connectivity index (χ1) is 14.7. The van der Waals surface area contributed by atoms with Crippen molar-refractivity contribution in [3.8, 4) is 11.5 Å². The molecule has 1 aliphatic heterocycles. The minimum atomic E-state index is -0.0661. The fraction of sp³-hybridized carbons (Fsp3) is 0.348. The van der Waals surface area contributed by atoms with Crippen molar-refractivity contribution < 1.29 is 14.3 Å². The Morgan fingerprint density at radius 3 is 2.87 bits per heavy atom. The lowest BCUT2D eigenvalue weighted by Crippen LogP contribution is -2.39. The number of hydrogen-bond acceptors (Lipinski definition) is 5. The molecular formula is C23H26N4O3. The number of H-pyrrole nitrogens is 1. The number of nitrogens with one attached hydrogen (secondary N) is 1. The van der Waals surface area contributed by atoms with Gasteiger partial charge in [0.1, 0.15) is 6.61 Å². The van der Waals surface area contributed by atoms with Gasteiger partial charge in [-0.1, -0.05) is 12.1 Å². The molecule has 1 fully saturated rings. The van der Waals surface area contributed by atoms with Crippen LogP contribution in [0.25, 0.3) is 0 Å². The fourth-order valence-corrected chi connectivity index (χ4v) is 3.95. The van der Waals surface area contributed by atoms with Gasteiger partial charge in [0.25, 0.3) is 5.91 Å². The topological polar surface area (TPSA) is 80.3 Å². The van der Waals surface area contributed by atoms with E-state index in [1.807, 2.05) is 36.1 Å². The SMILES string of the molecule is COc1cccc(C(=O)N2CCCC[C@H]2c2[nH]ncc2C)c1OCc1ccccn1. The Hall–Kier alpha value is -3.35. The minimum Gasteiger partial charge on any atom is -0.493 e. The molecule has 3 aromatic rings. The van der Waals surface area contributed by atoms with E-state index in [1.54, 1.807) is 31.6 Å². The molecule has 156 valence electrons. The first-order valence-electron chi connectivity index (χ1n) is 10.2. The van der Waals surface area contributed by atoms with E-state index in [0.717, 1.165) is 36.2 Å². The van der Waals surface area contributed by atoms with Crippen LogP contribution in [-0.4, -0.2) is 39.6 Å². The second-order valence-electron chi connectivity index (χ2n) is 7.42. The molecule has 1 atom stereocenters. The number of amides is 1. The maximum Gasteiger partial charge on any atom is 0.258 e. The highest BCUT2D eigenvalue weighted by Gasteiger charge is 2.32. The number of aromatic amines is 1. The quantitative estimate of drug-likeness (QED) is 0.667. The number of benzene rings is 1. The van der Waals surface area contributed by atoms with Gasteiger partial charge < -0.3 is 14.4 Å². The van der Waals surface area contributed by atoms with E-state index in [-0.39, 0.29) is 18.6 Å². The molecule has 1 N–H and O–H groups in total. The van der Waals surface area contributed by atoms with E-state index >= 15 is 0 Å². The number of pyridine rings is 1. The highest BCUT2D eigenvalue weighted by molar-refractivity contribution is 5.98. The van der Waals surface area contributed by atoms with Crippen molar-refractivity contribution in [2.75, 3.05) is 13.7 Å². The Morgan fingerprint density at radius 2 is 2.13 bits per heavy atom. The van der Waals surface area contributed by atoms with Crippen LogP contribution in [0.5, 0.6) is 11.5 Å². The van der Waals surface area contributed by atoms with Crippen LogP contribution in [0.1, 0.15) is 52.6 Å². The number of para-hydroxylation sites is 1. The second-order valence-corrected chi connectivity index (χ2v) is 7.42. The molecular weight excluding hydrogens is 380 g/mol. The maximum atomic E-state index is 13.7. The molecule has 1 saturated heterocycles. The molecule has 7 heteroatoms. The van der Waals surface area contributed by atoms with Crippen LogP contribution in [0.15, 0.2) is 48.8 Å². The van der Waals surface area contributed by atoms with Gasteiger partial charge in [0.05, 0.1) is 36.3 Å². The van der Waals surface area contributed by atoms with Crippen molar-refractivity contribution in [3.05, 3.63) is 71.3 Å². The summed E-state index contributed by atoms with van der Waals surface area (Å²) in [5.74, 6) is 0.910. The lowest BCUT2D eigenvalue weighted by molar-refractivity contribution is 0.0599. The average molecular weight is 406 g/mol. The van der Waals surface area contributed by atoms with Crippen LogP contribution in [-0.2, 0) is 6.61 Å². The van der Waals surface area contributed by atoms with Gasteiger partial charge in [0.2, 0.25) is 0 Å². The average Bonchev–Trinajstić information content (AvgIpc) is 3.23. The maximum absolute atomic E-state index is 13.7. The molecule has 0 radical (unpaired) electrons. The van der Waals surface area contributed by atoms with Crippen molar-refractivity contribution >= 4 is 5.91 Å². The third kappa shape index (κ3) is 4.01. The summed E-state index contributed by atoms with van der Waals surface area (Å²) >= 11 is 0. The number of carbonyl (C=O) groups excluding carboxylic acids is 1. The van der Waals surface area contributed by atoms with Crippen molar-refractivity contribution in [2.45, 2.75) is 38.8 Å². The molecule has 30 heavy (non-hydrogen) atoms. The number of aromatic nitrogens is 3. The fourth-order valence-electron chi connectivity index (χ4n) is 3.95. The number of ether oxygens (including phenoxy) is 2. The Labute approximate surface area is 176 Å². The Balaban J connectivity index is 1.65. The summed E-state index contributed by atoms with van der Waals surface area (Å²) in [6.45, 7) is 2.96. The van der Waals surface area contributed by atoms with Crippen molar-refractivity contribution in [1.29, 1.82) is 0 Å². The summed E-state index contributed by atoms with van der Waals surface area (Å²) in [6, 6.07) is 11.0. The zero-order valence-electron chi connectivity index (χ0n) is 17.3. The number of rotatable bonds is 6. The Kier molecular flexibility index (Phi) is 5.97. The number of likely N-dealkylation sites (tertiary alicyclic amines) is 1. The van der Waals surface area contributed by atoms with E-state index in [0.29, 0.717) is 23.6 Å². The summed E-state index contributed by atoms with van der Waals surface area (Å²) in [5, 5.41) is 7.24. The van der Waals surface area contributed by atoms with E-state index in [2.05, 4.69) is 15.2 Å². The predicted molar refractivity (Wildman–Crippen MR) is 113 cm³/mol. The number of methoxy groups -OCH3 is 1. The number of aryl methyl sites for hydroxylation is 1. The van der Waals surface area contributed by atoms with Gasteiger partial charge in [0, 0.05) is 12.7 Å².